The molecule has 0 saturated carbocycles. The van der Waals surface area contributed by atoms with E-state index in [1.54, 1.807) is 6.92 Å². The Balaban J connectivity index is 3.84. The van der Waals surface area contributed by atoms with Crippen molar-refractivity contribution in [3.63, 3.8) is 0 Å². The Hall–Kier alpha value is -0.570. The van der Waals surface area contributed by atoms with Crippen molar-refractivity contribution in [2.24, 2.45) is 5.92 Å². The quantitative estimate of drug-likeness (QED) is 0.376. The SMILES string of the molecule is COC(=O)C(C)C(=O)CCCCl. The van der Waals surface area contributed by atoms with Crippen LogP contribution in [0.2, 0.25) is 0 Å². The number of ether oxygens (including phenoxy) is 1. The summed E-state index contributed by atoms with van der Waals surface area (Å²) in [5, 5.41) is 0. The minimum atomic E-state index is -0.654. The normalized spacial score (nSPS) is 12.2. The molecule has 0 radical (unpaired) electrons. The molecule has 0 aliphatic rings. The van der Waals surface area contributed by atoms with Gasteiger partial charge in [0.15, 0.2) is 0 Å². The van der Waals surface area contributed by atoms with Crippen LogP contribution >= 0.6 is 11.6 Å². The molecule has 0 aliphatic carbocycles. The number of halogens is 1. The average molecular weight is 193 g/mol. The first-order chi connectivity index (χ1) is 5.63. The molecule has 0 aliphatic heterocycles. The third-order valence-electron chi connectivity index (χ3n) is 1.59. The Morgan fingerprint density at radius 3 is 2.50 bits per heavy atom. The molecule has 0 spiro atoms. The van der Waals surface area contributed by atoms with Gasteiger partial charge in [-0.1, -0.05) is 0 Å². The summed E-state index contributed by atoms with van der Waals surface area (Å²) in [6.07, 6.45) is 0.960. The van der Waals surface area contributed by atoms with Crippen LogP contribution in [0.3, 0.4) is 0 Å². The van der Waals surface area contributed by atoms with E-state index in [0.717, 1.165) is 0 Å². The van der Waals surface area contributed by atoms with E-state index in [2.05, 4.69) is 4.74 Å². The van der Waals surface area contributed by atoms with Gasteiger partial charge in [-0.15, -0.1) is 11.6 Å². The van der Waals surface area contributed by atoms with Gasteiger partial charge in [0.25, 0.3) is 0 Å². The molecular weight excluding hydrogens is 180 g/mol. The number of carbonyl (C=O) groups is 2. The molecule has 70 valence electrons. The molecule has 0 amide bonds. The van der Waals surface area contributed by atoms with Crippen LogP contribution < -0.4 is 0 Å². The second kappa shape index (κ2) is 6.00. The van der Waals surface area contributed by atoms with E-state index in [1.807, 2.05) is 0 Å². The number of ketones is 1. The summed E-state index contributed by atoms with van der Waals surface area (Å²) in [5.74, 6) is -0.796. The van der Waals surface area contributed by atoms with Crippen molar-refractivity contribution >= 4 is 23.4 Å². The highest BCUT2D eigenvalue weighted by atomic mass is 35.5. The molecule has 4 heteroatoms. The van der Waals surface area contributed by atoms with Gasteiger partial charge in [0.1, 0.15) is 11.7 Å². The number of esters is 1. The monoisotopic (exact) mass is 192 g/mol. The molecule has 0 aromatic rings. The first-order valence-electron chi connectivity index (χ1n) is 3.80. The van der Waals surface area contributed by atoms with Crippen molar-refractivity contribution < 1.29 is 14.3 Å². The maximum absolute atomic E-state index is 11.1. The summed E-state index contributed by atoms with van der Waals surface area (Å²) >= 11 is 5.40. The zero-order valence-corrected chi connectivity index (χ0v) is 8.06. The summed E-state index contributed by atoms with van der Waals surface area (Å²) in [5.41, 5.74) is 0. The van der Waals surface area contributed by atoms with E-state index >= 15 is 0 Å². The standard InChI is InChI=1S/C8H13ClO3/c1-6(8(11)12-2)7(10)4-3-5-9/h6H,3-5H2,1-2H3. The van der Waals surface area contributed by atoms with Crippen LogP contribution in [0.5, 0.6) is 0 Å². The van der Waals surface area contributed by atoms with Gasteiger partial charge < -0.3 is 4.74 Å². The van der Waals surface area contributed by atoms with Gasteiger partial charge in [-0.3, -0.25) is 9.59 Å². The average Bonchev–Trinajstić information content (AvgIpc) is 2.11. The Labute approximate surface area is 77.0 Å². The largest absolute Gasteiger partial charge is 0.468 e. The van der Waals surface area contributed by atoms with Crippen molar-refractivity contribution in [1.29, 1.82) is 0 Å². The molecule has 3 nitrogen and oxygen atoms in total. The van der Waals surface area contributed by atoms with Crippen molar-refractivity contribution in [2.45, 2.75) is 19.8 Å². The zero-order valence-electron chi connectivity index (χ0n) is 7.30. The molecule has 0 heterocycles. The topological polar surface area (TPSA) is 43.4 Å². The number of rotatable bonds is 5. The lowest BCUT2D eigenvalue weighted by Crippen LogP contribution is -2.22. The summed E-state index contributed by atoms with van der Waals surface area (Å²) in [6, 6.07) is 0. The Kier molecular flexibility index (Phi) is 5.72. The first kappa shape index (κ1) is 11.4. The zero-order chi connectivity index (χ0) is 9.56. The Morgan fingerprint density at radius 1 is 1.50 bits per heavy atom. The van der Waals surface area contributed by atoms with Gasteiger partial charge in [0.2, 0.25) is 0 Å². The maximum atomic E-state index is 11.1. The predicted octanol–water partition coefficient (Wildman–Crippen LogP) is 1.38. The van der Waals surface area contributed by atoms with Crippen molar-refractivity contribution in [3.8, 4) is 0 Å². The van der Waals surface area contributed by atoms with Gasteiger partial charge in [0, 0.05) is 12.3 Å². The summed E-state index contributed by atoms with van der Waals surface area (Å²) < 4.78 is 4.42. The van der Waals surface area contributed by atoms with E-state index in [4.69, 9.17) is 11.6 Å². The fourth-order valence-electron chi connectivity index (χ4n) is 0.766. The van der Waals surface area contributed by atoms with E-state index in [1.165, 1.54) is 7.11 Å². The third-order valence-corrected chi connectivity index (χ3v) is 1.86. The molecule has 0 aromatic carbocycles. The molecule has 0 saturated heterocycles. The fraction of sp³-hybridized carbons (Fsp3) is 0.750. The third kappa shape index (κ3) is 3.72. The van der Waals surface area contributed by atoms with Crippen LogP contribution in [0.4, 0.5) is 0 Å². The highest BCUT2D eigenvalue weighted by Gasteiger charge is 2.20. The van der Waals surface area contributed by atoms with Crippen LogP contribution in [-0.2, 0) is 14.3 Å². The summed E-state index contributed by atoms with van der Waals surface area (Å²) in [7, 11) is 1.27. The van der Waals surface area contributed by atoms with Crippen LogP contribution in [-0.4, -0.2) is 24.7 Å². The summed E-state index contributed by atoms with van der Waals surface area (Å²) in [4.78, 5) is 22.0. The first-order valence-corrected chi connectivity index (χ1v) is 4.33. The molecule has 12 heavy (non-hydrogen) atoms. The van der Waals surface area contributed by atoms with E-state index in [9.17, 15) is 9.59 Å². The van der Waals surface area contributed by atoms with E-state index < -0.39 is 11.9 Å². The van der Waals surface area contributed by atoms with Gasteiger partial charge in [-0.2, -0.15) is 0 Å². The minimum absolute atomic E-state index is 0.109. The van der Waals surface area contributed by atoms with Crippen LogP contribution in [0, 0.1) is 5.92 Å². The van der Waals surface area contributed by atoms with Crippen molar-refractivity contribution in [1.82, 2.24) is 0 Å². The molecule has 0 fully saturated rings. The Bertz CT molecular complexity index is 168. The van der Waals surface area contributed by atoms with Gasteiger partial charge in [-0.25, -0.2) is 0 Å². The number of hydrogen-bond acceptors (Lipinski definition) is 3. The van der Waals surface area contributed by atoms with Crippen molar-refractivity contribution in [3.05, 3.63) is 0 Å². The fourth-order valence-corrected chi connectivity index (χ4v) is 0.899. The van der Waals surface area contributed by atoms with Crippen LogP contribution in [0.15, 0.2) is 0 Å². The van der Waals surface area contributed by atoms with Crippen LogP contribution in [0.25, 0.3) is 0 Å². The number of alkyl halides is 1. The van der Waals surface area contributed by atoms with Crippen molar-refractivity contribution in [2.75, 3.05) is 13.0 Å². The lowest BCUT2D eigenvalue weighted by molar-refractivity contribution is -0.148. The van der Waals surface area contributed by atoms with E-state index in [0.29, 0.717) is 18.7 Å². The van der Waals surface area contributed by atoms with Gasteiger partial charge in [-0.05, 0) is 13.3 Å². The van der Waals surface area contributed by atoms with Gasteiger partial charge in [0.05, 0.1) is 7.11 Å². The second-order valence-corrected chi connectivity index (χ2v) is 2.88. The lowest BCUT2D eigenvalue weighted by Gasteiger charge is -2.06. The van der Waals surface area contributed by atoms with E-state index in [-0.39, 0.29) is 5.78 Å². The molecule has 0 rings (SSSR count). The number of hydrogen-bond donors (Lipinski definition) is 0. The number of Topliss-reactive ketones (excluding diaryl/α,β-unsaturated/α-hetero) is 1. The summed E-state index contributed by atoms with van der Waals surface area (Å²) in [6.45, 7) is 1.54. The highest BCUT2D eigenvalue weighted by Crippen LogP contribution is 2.05. The lowest BCUT2D eigenvalue weighted by atomic mass is 10.0. The molecular formula is C8H13ClO3. The molecule has 0 bridgehead atoms. The van der Waals surface area contributed by atoms with Crippen LogP contribution in [0.1, 0.15) is 19.8 Å². The molecule has 0 N–H and O–H groups in total. The second-order valence-electron chi connectivity index (χ2n) is 2.50. The molecule has 1 atom stereocenters. The predicted molar refractivity (Wildman–Crippen MR) is 46.1 cm³/mol. The smallest absolute Gasteiger partial charge is 0.315 e. The molecule has 0 aromatic heterocycles. The highest BCUT2D eigenvalue weighted by molar-refractivity contribution is 6.18. The minimum Gasteiger partial charge on any atom is -0.468 e. The maximum Gasteiger partial charge on any atom is 0.315 e. The van der Waals surface area contributed by atoms with Gasteiger partial charge >= 0.3 is 5.97 Å². The number of methoxy groups -OCH3 is 1. The molecule has 1 unspecified atom stereocenters. The Morgan fingerprint density at radius 2 is 2.08 bits per heavy atom. The number of carbonyl (C=O) groups excluding carboxylic acids is 2.